The van der Waals surface area contributed by atoms with E-state index in [-0.39, 0.29) is 5.82 Å². The van der Waals surface area contributed by atoms with Crippen molar-refractivity contribution in [3.63, 3.8) is 0 Å². The molecule has 0 aliphatic heterocycles. The summed E-state index contributed by atoms with van der Waals surface area (Å²) < 4.78 is 20.6. The summed E-state index contributed by atoms with van der Waals surface area (Å²) in [7, 11) is 8.06. The van der Waals surface area contributed by atoms with Gasteiger partial charge in [-0.3, -0.25) is 10.1 Å². The lowest BCUT2D eigenvalue weighted by molar-refractivity contribution is 0.261. The molecule has 0 radical (unpaired) electrons. The van der Waals surface area contributed by atoms with Crippen LogP contribution < -0.4 is 10.1 Å². The molecule has 0 spiro atoms. The van der Waals surface area contributed by atoms with E-state index >= 15 is 0 Å². The molecule has 220 valence electrons. The molecular weight excluding hydrogens is 543 g/mol. The molecule has 0 atom stereocenters. The van der Waals surface area contributed by atoms with E-state index in [9.17, 15) is 4.39 Å². The van der Waals surface area contributed by atoms with E-state index in [0.29, 0.717) is 18.8 Å². The maximum atomic E-state index is 14.7. The van der Waals surface area contributed by atoms with Gasteiger partial charge >= 0.3 is 0 Å². The van der Waals surface area contributed by atoms with E-state index in [1.807, 2.05) is 70.8 Å². The van der Waals surface area contributed by atoms with Crippen LogP contribution in [-0.2, 0) is 0 Å². The number of H-pyrrole nitrogens is 2. The molecule has 0 saturated heterocycles. The van der Waals surface area contributed by atoms with Gasteiger partial charge in [-0.15, -0.1) is 0 Å². The number of nitrogens with zero attached hydrogens (tertiary/aromatic N) is 5. The maximum Gasteiger partial charge on any atom is 0.138 e. The fourth-order valence-electron chi connectivity index (χ4n) is 5.08. The van der Waals surface area contributed by atoms with Crippen LogP contribution in [-0.4, -0.2) is 89.4 Å². The van der Waals surface area contributed by atoms with Crippen LogP contribution in [0.1, 0.15) is 0 Å². The van der Waals surface area contributed by atoms with E-state index in [0.717, 1.165) is 74.5 Å². The number of benzene rings is 2. The van der Waals surface area contributed by atoms with Crippen molar-refractivity contribution in [2.24, 2.45) is 0 Å². The zero-order chi connectivity index (χ0) is 29.9. The summed E-state index contributed by atoms with van der Waals surface area (Å²) in [6.07, 6.45) is 5.31. The van der Waals surface area contributed by atoms with E-state index in [2.05, 4.69) is 46.3 Å². The highest BCUT2D eigenvalue weighted by molar-refractivity contribution is 6.00. The molecule has 0 aliphatic carbocycles. The van der Waals surface area contributed by atoms with E-state index in [1.165, 1.54) is 6.07 Å². The first-order valence-electron chi connectivity index (χ1n) is 14.2. The Morgan fingerprint density at radius 2 is 1.72 bits per heavy atom. The molecule has 6 aromatic rings. The van der Waals surface area contributed by atoms with Crippen molar-refractivity contribution in [1.29, 1.82) is 0 Å². The fraction of sp³-hybridized carbons (Fsp3) is 0.242. The summed E-state index contributed by atoms with van der Waals surface area (Å²) in [5.74, 6) is 0.438. The first-order chi connectivity index (χ1) is 20.8. The molecule has 4 aromatic heterocycles. The number of rotatable bonds is 11. The summed E-state index contributed by atoms with van der Waals surface area (Å²) in [5, 5.41) is 13.0. The van der Waals surface area contributed by atoms with Gasteiger partial charge in [-0.2, -0.15) is 5.10 Å². The molecular formula is C33H35FN8O. The molecule has 43 heavy (non-hydrogen) atoms. The van der Waals surface area contributed by atoms with Gasteiger partial charge in [0.25, 0.3) is 0 Å². The van der Waals surface area contributed by atoms with Gasteiger partial charge in [0.15, 0.2) is 0 Å². The number of aromatic amines is 2. The largest absolute Gasteiger partial charge is 0.491 e. The zero-order valence-electron chi connectivity index (χ0n) is 24.8. The van der Waals surface area contributed by atoms with Gasteiger partial charge in [0.1, 0.15) is 29.5 Å². The molecule has 0 unspecified atom stereocenters. The highest BCUT2D eigenvalue weighted by atomic mass is 19.1. The Hall–Kier alpha value is -4.80. The van der Waals surface area contributed by atoms with Crippen LogP contribution in [0.3, 0.4) is 0 Å². The van der Waals surface area contributed by atoms with E-state index < -0.39 is 0 Å². The summed E-state index contributed by atoms with van der Waals surface area (Å²) in [6.45, 7) is 2.97. The Labute approximate surface area is 249 Å². The third-order valence-corrected chi connectivity index (χ3v) is 7.30. The van der Waals surface area contributed by atoms with Gasteiger partial charge in [0.2, 0.25) is 0 Å². The topological polar surface area (TPSA) is 98.0 Å². The Morgan fingerprint density at radius 3 is 2.56 bits per heavy atom. The van der Waals surface area contributed by atoms with Gasteiger partial charge in [-0.25, -0.2) is 9.37 Å². The second-order valence-corrected chi connectivity index (χ2v) is 11.2. The summed E-state index contributed by atoms with van der Waals surface area (Å²) >= 11 is 0. The predicted octanol–water partition coefficient (Wildman–Crippen LogP) is 5.89. The number of aromatic nitrogens is 5. The SMILES string of the molecule is CN(C)CCNc1cc(F)cc(-c2ccnc3[nH]c(-c4n[nH]c5ccc(-c6cncc(OCCN(C)C)c6)cc45)cc23)c1. The number of hydrogen-bond acceptors (Lipinski definition) is 7. The average Bonchev–Trinajstić information content (AvgIpc) is 3.60. The standard InChI is InChI=1S/C33H35FN8O/c1-41(2)10-9-36-25-14-22(13-24(34)17-25)27-7-8-37-33-28(27)18-31(38-33)32-29-16-21(5-6-30(29)39-40-32)23-15-26(20-35-19-23)43-12-11-42(3)4/h5-8,13-20,36H,9-12H2,1-4H3,(H,37,38)(H,39,40). The van der Waals surface area contributed by atoms with Crippen molar-refractivity contribution in [2.45, 2.75) is 0 Å². The number of fused-ring (bicyclic) bond motifs is 2. The molecule has 6 rings (SSSR count). The van der Waals surface area contributed by atoms with Crippen molar-refractivity contribution in [1.82, 2.24) is 34.9 Å². The molecule has 0 bridgehead atoms. The third-order valence-electron chi connectivity index (χ3n) is 7.30. The van der Waals surface area contributed by atoms with Crippen LogP contribution in [0, 0.1) is 5.82 Å². The predicted molar refractivity (Wildman–Crippen MR) is 171 cm³/mol. The normalized spacial score (nSPS) is 11.7. The lowest BCUT2D eigenvalue weighted by atomic mass is 10.0. The first kappa shape index (κ1) is 28.3. The summed E-state index contributed by atoms with van der Waals surface area (Å²) in [4.78, 5) is 16.6. The van der Waals surface area contributed by atoms with Crippen LogP contribution in [0.5, 0.6) is 5.75 Å². The maximum absolute atomic E-state index is 14.7. The van der Waals surface area contributed by atoms with E-state index in [4.69, 9.17) is 4.74 Å². The molecule has 0 amide bonds. The van der Waals surface area contributed by atoms with Gasteiger partial charge < -0.3 is 24.8 Å². The average molecular weight is 579 g/mol. The lowest BCUT2D eigenvalue weighted by Crippen LogP contribution is -2.20. The number of halogens is 1. The molecule has 0 aliphatic rings. The van der Waals surface area contributed by atoms with Crippen molar-refractivity contribution in [2.75, 3.05) is 59.7 Å². The van der Waals surface area contributed by atoms with Gasteiger partial charge in [-0.1, -0.05) is 6.07 Å². The van der Waals surface area contributed by atoms with E-state index in [1.54, 1.807) is 18.5 Å². The minimum absolute atomic E-state index is 0.293. The minimum Gasteiger partial charge on any atom is -0.491 e. The monoisotopic (exact) mass is 578 g/mol. The number of ether oxygens (including phenoxy) is 1. The number of nitrogens with one attached hydrogen (secondary N) is 3. The molecule has 0 fully saturated rings. The van der Waals surface area contributed by atoms with Crippen molar-refractivity contribution in [3.05, 3.63) is 79.0 Å². The molecule has 9 nitrogen and oxygen atoms in total. The molecule has 2 aromatic carbocycles. The number of likely N-dealkylation sites (N-methyl/N-ethyl adjacent to an activating group) is 2. The zero-order valence-corrected chi connectivity index (χ0v) is 24.8. The number of hydrogen-bond donors (Lipinski definition) is 3. The van der Waals surface area contributed by atoms with Gasteiger partial charge in [0, 0.05) is 54.1 Å². The first-order valence-corrected chi connectivity index (χ1v) is 14.2. The summed E-state index contributed by atoms with van der Waals surface area (Å²) in [5.41, 5.74) is 7.58. The highest BCUT2D eigenvalue weighted by Gasteiger charge is 2.16. The quantitative estimate of drug-likeness (QED) is 0.176. The second kappa shape index (κ2) is 12.2. The minimum atomic E-state index is -0.293. The van der Waals surface area contributed by atoms with Crippen molar-refractivity contribution < 1.29 is 9.13 Å². The second-order valence-electron chi connectivity index (χ2n) is 11.2. The smallest absolute Gasteiger partial charge is 0.138 e. The van der Waals surface area contributed by atoms with Crippen LogP contribution >= 0.6 is 0 Å². The highest BCUT2D eigenvalue weighted by Crippen LogP contribution is 2.35. The van der Waals surface area contributed by atoms with Crippen molar-refractivity contribution in [3.8, 4) is 39.4 Å². The Balaban J connectivity index is 1.33. The number of pyridine rings is 2. The van der Waals surface area contributed by atoms with Crippen molar-refractivity contribution >= 4 is 27.6 Å². The van der Waals surface area contributed by atoms with Crippen LogP contribution in [0.4, 0.5) is 10.1 Å². The molecule has 10 heteroatoms. The Kier molecular flexibility index (Phi) is 8.04. The van der Waals surface area contributed by atoms with Crippen LogP contribution in [0.15, 0.2) is 73.2 Å². The van der Waals surface area contributed by atoms with Crippen LogP contribution in [0.2, 0.25) is 0 Å². The Bertz CT molecular complexity index is 1880. The molecule has 3 N–H and O–H groups in total. The third kappa shape index (κ3) is 6.35. The lowest BCUT2D eigenvalue weighted by Gasteiger charge is -2.13. The molecule has 4 heterocycles. The summed E-state index contributed by atoms with van der Waals surface area (Å²) in [6, 6.07) is 17.2. The number of anilines is 1. The van der Waals surface area contributed by atoms with Gasteiger partial charge in [-0.05, 0) is 93.4 Å². The molecule has 0 saturated carbocycles. The van der Waals surface area contributed by atoms with Crippen LogP contribution in [0.25, 0.3) is 55.6 Å². The Morgan fingerprint density at radius 1 is 0.860 bits per heavy atom. The fourth-order valence-corrected chi connectivity index (χ4v) is 5.08. The van der Waals surface area contributed by atoms with Gasteiger partial charge in [0.05, 0.1) is 17.4 Å².